The molecule has 1 aliphatic carbocycles. The van der Waals surface area contributed by atoms with E-state index in [0.29, 0.717) is 0 Å². The van der Waals surface area contributed by atoms with Crippen LogP contribution in [0.15, 0.2) is 42.2 Å². The van der Waals surface area contributed by atoms with E-state index in [2.05, 4.69) is 18.7 Å². The highest BCUT2D eigenvalue weighted by Crippen LogP contribution is 2.55. The van der Waals surface area contributed by atoms with Crippen LogP contribution < -0.4 is 0 Å². The Morgan fingerprint density at radius 3 is 2.32 bits per heavy atom. The molecule has 1 aliphatic rings. The van der Waals surface area contributed by atoms with Crippen LogP contribution in [0.5, 0.6) is 0 Å². The van der Waals surface area contributed by atoms with Gasteiger partial charge in [-0.3, -0.25) is 4.57 Å². The number of rotatable bonds is 8. The first kappa shape index (κ1) is 19.9. The number of carbonyl (C=O) groups is 1. The summed E-state index contributed by atoms with van der Waals surface area (Å²) in [4.78, 5) is 12.5. The molecule has 1 aromatic rings. The summed E-state index contributed by atoms with van der Waals surface area (Å²) in [5.74, 6) is -0.552. The molecule has 2 atom stereocenters. The van der Waals surface area contributed by atoms with E-state index in [1.54, 1.807) is 13.8 Å². The minimum absolute atomic E-state index is 0.144. The van der Waals surface area contributed by atoms with Crippen LogP contribution in [-0.2, 0) is 23.1 Å². The molecule has 1 saturated carbocycles. The molecule has 0 saturated heterocycles. The van der Waals surface area contributed by atoms with Crippen LogP contribution in [0.4, 0.5) is 0 Å². The van der Waals surface area contributed by atoms with E-state index in [1.165, 1.54) is 0 Å². The van der Waals surface area contributed by atoms with Crippen molar-refractivity contribution in [2.24, 2.45) is 0 Å². The van der Waals surface area contributed by atoms with E-state index in [4.69, 9.17) is 13.8 Å². The van der Waals surface area contributed by atoms with Crippen molar-refractivity contribution >= 4 is 13.6 Å². The first-order chi connectivity index (χ1) is 12.0. The van der Waals surface area contributed by atoms with Gasteiger partial charge in [0.1, 0.15) is 11.4 Å². The highest BCUT2D eigenvalue weighted by atomic mass is 31.2. The Balaban J connectivity index is 2.11. The fourth-order valence-corrected chi connectivity index (χ4v) is 4.51. The number of benzene rings is 1. The molecule has 0 aliphatic heterocycles. The molecule has 0 N–H and O–H groups in total. The van der Waals surface area contributed by atoms with E-state index in [0.717, 1.165) is 31.2 Å². The molecule has 0 amide bonds. The van der Waals surface area contributed by atoms with E-state index in [9.17, 15) is 9.36 Å². The van der Waals surface area contributed by atoms with Gasteiger partial charge in [-0.1, -0.05) is 43.3 Å². The molecule has 1 fully saturated rings. The second-order valence-electron chi connectivity index (χ2n) is 6.03. The third-order valence-electron chi connectivity index (χ3n) is 4.35. The minimum atomic E-state index is -3.69. The predicted octanol–water partition coefficient (Wildman–Crippen LogP) is 5.04. The molecular weight excluding hydrogens is 339 g/mol. The Morgan fingerprint density at radius 1 is 1.12 bits per heavy atom. The second kappa shape index (κ2) is 9.33. The Labute approximate surface area is 149 Å². The van der Waals surface area contributed by atoms with Gasteiger partial charge in [0.2, 0.25) is 0 Å². The fraction of sp³-hybridized carbons (Fsp3) is 0.526. The lowest BCUT2D eigenvalue weighted by atomic mass is 9.81. The smallest absolute Gasteiger partial charge is 0.368 e. The van der Waals surface area contributed by atoms with Crippen molar-refractivity contribution in [3.8, 4) is 0 Å². The zero-order chi connectivity index (χ0) is 18.3. The topological polar surface area (TPSA) is 61.8 Å². The summed E-state index contributed by atoms with van der Waals surface area (Å²) in [5.41, 5.74) is 1.16. The van der Waals surface area contributed by atoms with E-state index >= 15 is 0 Å². The van der Waals surface area contributed by atoms with Gasteiger partial charge >= 0.3 is 13.6 Å². The Bertz CT molecular complexity index is 618. The van der Waals surface area contributed by atoms with Crippen LogP contribution in [0.1, 0.15) is 51.0 Å². The molecule has 0 bridgehead atoms. The van der Waals surface area contributed by atoms with Crippen LogP contribution in [0.3, 0.4) is 0 Å². The van der Waals surface area contributed by atoms with Gasteiger partial charge in [0.05, 0.1) is 13.2 Å². The third-order valence-corrected chi connectivity index (χ3v) is 6.39. The SMILES string of the molecule is C=C(C(=O)O[C@@H]1CCCC[C@H]1c1ccccc1)P(=O)(OCC)OCC. The van der Waals surface area contributed by atoms with Gasteiger partial charge in [-0.15, -0.1) is 0 Å². The summed E-state index contributed by atoms with van der Waals surface area (Å²) in [6.07, 6.45) is 3.60. The van der Waals surface area contributed by atoms with E-state index in [-0.39, 0.29) is 30.5 Å². The second-order valence-corrected chi connectivity index (χ2v) is 8.08. The first-order valence-corrected chi connectivity index (χ1v) is 10.4. The van der Waals surface area contributed by atoms with E-state index < -0.39 is 13.6 Å². The predicted molar refractivity (Wildman–Crippen MR) is 97.5 cm³/mol. The molecule has 5 nitrogen and oxygen atoms in total. The maximum Gasteiger partial charge on any atom is 0.368 e. The highest BCUT2D eigenvalue weighted by Gasteiger charge is 2.37. The summed E-state index contributed by atoms with van der Waals surface area (Å²) in [7, 11) is -3.69. The number of hydrogen-bond acceptors (Lipinski definition) is 5. The molecule has 6 heteroatoms. The third kappa shape index (κ3) is 5.04. The minimum Gasteiger partial charge on any atom is -0.458 e. The quantitative estimate of drug-likeness (QED) is 0.367. The van der Waals surface area contributed by atoms with Crippen molar-refractivity contribution in [1.29, 1.82) is 0 Å². The van der Waals surface area contributed by atoms with E-state index in [1.807, 2.05) is 18.2 Å². The lowest BCUT2D eigenvalue weighted by molar-refractivity contribution is -0.146. The zero-order valence-corrected chi connectivity index (χ0v) is 15.9. The first-order valence-electron chi connectivity index (χ1n) is 8.86. The zero-order valence-electron chi connectivity index (χ0n) is 15.0. The summed E-state index contributed by atoms with van der Waals surface area (Å²) < 4.78 is 28.8. The molecule has 0 aromatic heterocycles. The number of ether oxygens (including phenoxy) is 1. The van der Waals surface area contributed by atoms with Crippen molar-refractivity contribution in [2.75, 3.05) is 13.2 Å². The lowest BCUT2D eigenvalue weighted by Crippen LogP contribution is -2.29. The number of esters is 1. The normalized spacial score (nSPS) is 20.9. The van der Waals surface area contributed by atoms with Crippen molar-refractivity contribution in [2.45, 2.75) is 51.6 Å². The van der Waals surface area contributed by atoms with Crippen molar-refractivity contribution in [3.05, 3.63) is 47.8 Å². The Hall–Kier alpha value is -1.42. The van der Waals surface area contributed by atoms with Gasteiger partial charge in [-0.05, 0) is 38.7 Å². The van der Waals surface area contributed by atoms with Gasteiger partial charge in [-0.25, -0.2) is 4.79 Å². The number of hydrogen-bond donors (Lipinski definition) is 0. The van der Waals surface area contributed by atoms with Gasteiger partial charge in [0, 0.05) is 5.92 Å². The van der Waals surface area contributed by atoms with Crippen LogP contribution in [0, 0.1) is 0 Å². The summed E-state index contributed by atoms with van der Waals surface area (Å²) in [6.45, 7) is 7.35. The van der Waals surface area contributed by atoms with Crippen molar-refractivity contribution < 1.29 is 23.1 Å². The van der Waals surface area contributed by atoms with Crippen molar-refractivity contribution in [1.82, 2.24) is 0 Å². The van der Waals surface area contributed by atoms with Crippen LogP contribution >= 0.6 is 7.60 Å². The largest absolute Gasteiger partial charge is 0.458 e. The molecule has 2 rings (SSSR count). The summed E-state index contributed by atoms with van der Waals surface area (Å²) in [5, 5.41) is -0.228. The summed E-state index contributed by atoms with van der Waals surface area (Å²) in [6, 6.07) is 10.0. The highest BCUT2D eigenvalue weighted by molar-refractivity contribution is 7.59. The molecule has 1 aromatic carbocycles. The Kier molecular flexibility index (Phi) is 7.42. The molecule has 0 unspecified atom stereocenters. The van der Waals surface area contributed by atoms with Crippen LogP contribution in [0.2, 0.25) is 0 Å². The molecule has 0 radical (unpaired) electrons. The monoisotopic (exact) mass is 366 g/mol. The number of carbonyl (C=O) groups excluding carboxylic acids is 1. The lowest BCUT2D eigenvalue weighted by Gasteiger charge is -2.32. The van der Waals surface area contributed by atoms with Crippen LogP contribution in [-0.4, -0.2) is 25.3 Å². The van der Waals surface area contributed by atoms with Gasteiger partial charge in [0.15, 0.2) is 0 Å². The standard InChI is InChI=1S/C19H27O5P/c1-4-22-25(21,23-5-2)15(3)19(20)24-18-14-10-9-13-17(18)16-11-7-6-8-12-16/h6-8,11-12,17-18H,3-5,9-10,13-14H2,1-2H3/t17-,18+/m0/s1. The average molecular weight is 366 g/mol. The van der Waals surface area contributed by atoms with Gasteiger partial charge < -0.3 is 13.8 Å². The van der Waals surface area contributed by atoms with Crippen molar-refractivity contribution in [3.63, 3.8) is 0 Å². The molecule has 25 heavy (non-hydrogen) atoms. The maximum absolute atomic E-state index is 12.7. The van der Waals surface area contributed by atoms with Gasteiger partial charge in [-0.2, -0.15) is 0 Å². The Morgan fingerprint density at radius 2 is 1.72 bits per heavy atom. The fourth-order valence-electron chi connectivity index (χ4n) is 3.17. The average Bonchev–Trinajstić information content (AvgIpc) is 2.62. The van der Waals surface area contributed by atoms with Gasteiger partial charge in [0.25, 0.3) is 0 Å². The molecule has 0 heterocycles. The molecular formula is C19H27O5P. The molecule has 0 spiro atoms. The maximum atomic E-state index is 12.7. The van der Waals surface area contributed by atoms with Crippen LogP contribution in [0.25, 0.3) is 0 Å². The molecule has 138 valence electrons. The summed E-state index contributed by atoms with van der Waals surface area (Å²) >= 11 is 0.